The van der Waals surface area contributed by atoms with E-state index in [1.165, 1.54) is 12.8 Å². The van der Waals surface area contributed by atoms with Crippen LogP contribution in [0.25, 0.3) is 0 Å². The molecule has 2 fully saturated rings. The molecule has 0 bridgehead atoms. The predicted molar refractivity (Wildman–Crippen MR) is 63.7 cm³/mol. The summed E-state index contributed by atoms with van der Waals surface area (Å²) in [5.74, 6) is 0.0252. The Hall–Kier alpha value is -0.650. The molecule has 17 heavy (non-hydrogen) atoms. The number of nitrogens with one attached hydrogen (secondary N) is 1. The van der Waals surface area contributed by atoms with E-state index in [2.05, 4.69) is 10.2 Å². The lowest BCUT2D eigenvalue weighted by atomic mass is 10.0. The molecule has 2 aliphatic rings. The van der Waals surface area contributed by atoms with Gasteiger partial charge in [-0.2, -0.15) is 0 Å². The van der Waals surface area contributed by atoms with Crippen LogP contribution in [0.15, 0.2) is 0 Å². The first kappa shape index (κ1) is 12.8. The zero-order valence-electron chi connectivity index (χ0n) is 10.3. The summed E-state index contributed by atoms with van der Waals surface area (Å²) in [6, 6.07) is 0. The van der Waals surface area contributed by atoms with Crippen molar-refractivity contribution in [2.24, 2.45) is 0 Å². The van der Waals surface area contributed by atoms with Crippen LogP contribution >= 0.6 is 0 Å². The van der Waals surface area contributed by atoms with Gasteiger partial charge in [-0.25, -0.2) is 0 Å². The number of carbonyl (C=O) groups excluding carboxylic acids is 1. The summed E-state index contributed by atoms with van der Waals surface area (Å²) in [5, 5.41) is 12.8. The SMILES string of the molecule is O=C(CCN1CCCC1)NCC1(O)CCOC1. The minimum absolute atomic E-state index is 0.0252. The smallest absolute Gasteiger partial charge is 0.221 e. The van der Waals surface area contributed by atoms with Gasteiger partial charge in [0.05, 0.1) is 6.61 Å². The van der Waals surface area contributed by atoms with E-state index in [-0.39, 0.29) is 5.91 Å². The molecule has 1 unspecified atom stereocenters. The summed E-state index contributed by atoms with van der Waals surface area (Å²) in [5.41, 5.74) is -0.844. The monoisotopic (exact) mass is 242 g/mol. The van der Waals surface area contributed by atoms with Gasteiger partial charge in [0, 0.05) is 32.5 Å². The summed E-state index contributed by atoms with van der Waals surface area (Å²) >= 11 is 0. The molecule has 2 N–H and O–H groups in total. The quantitative estimate of drug-likeness (QED) is 0.697. The van der Waals surface area contributed by atoms with Crippen LogP contribution in [-0.2, 0) is 9.53 Å². The second-order valence-corrected chi connectivity index (χ2v) is 5.10. The molecule has 2 aliphatic heterocycles. The van der Waals surface area contributed by atoms with Crippen LogP contribution in [0.3, 0.4) is 0 Å². The van der Waals surface area contributed by atoms with Crippen molar-refractivity contribution in [3.63, 3.8) is 0 Å². The number of nitrogens with zero attached hydrogens (tertiary/aromatic N) is 1. The summed E-state index contributed by atoms with van der Waals surface area (Å²) in [6.45, 7) is 4.29. The first-order chi connectivity index (χ1) is 8.18. The van der Waals surface area contributed by atoms with Gasteiger partial charge < -0.3 is 20.1 Å². The van der Waals surface area contributed by atoms with E-state index in [4.69, 9.17) is 4.74 Å². The summed E-state index contributed by atoms with van der Waals surface area (Å²) < 4.78 is 5.12. The summed E-state index contributed by atoms with van der Waals surface area (Å²) in [7, 11) is 0. The second-order valence-electron chi connectivity index (χ2n) is 5.10. The molecular formula is C12H22N2O3. The van der Waals surface area contributed by atoms with E-state index in [0.29, 0.717) is 32.6 Å². The lowest BCUT2D eigenvalue weighted by molar-refractivity contribution is -0.122. The van der Waals surface area contributed by atoms with E-state index in [1.54, 1.807) is 0 Å². The molecule has 0 aliphatic carbocycles. The molecule has 0 saturated carbocycles. The molecule has 0 aromatic carbocycles. The Morgan fingerprint density at radius 1 is 1.41 bits per heavy atom. The minimum atomic E-state index is -0.844. The van der Waals surface area contributed by atoms with Crippen molar-refractivity contribution in [2.75, 3.05) is 39.4 Å². The third kappa shape index (κ3) is 3.94. The van der Waals surface area contributed by atoms with Gasteiger partial charge >= 0.3 is 0 Å². The van der Waals surface area contributed by atoms with Crippen molar-refractivity contribution in [3.8, 4) is 0 Å². The van der Waals surface area contributed by atoms with Crippen molar-refractivity contribution in [2.45, 2.75) is 31.3 Å². The van der Waals surface area contributed by atoms with Crippen molar-refractivity contribution in [1.29, 1.82) is 0 Å². The first-order valence-corrected chi connectivity index (χ1v) is 6.47. The van der Waals surface area contributed by atoms with Crippen LogP contribution in [0.1, 0.15) is 25.7 Å². The number of hydrogen-bond donors (Lipinski definition) is 2. The molecule has 2 heterocycles. The Labute approximate surface area is 102 Å². The first-order valence-electron chi connectivity index (χ1n) is 6.47. The van der Waals surface area contributed by atoms with Gasteiger partial charge in [-0.1, -0.05) is 0 Å². The van der Waals surface area contributed by atoms with Crippen molar-refractivity contribution in [3.05, 3.63) is 0 Å². The molecule has 1 atom stereocenters. The number of amides is 1. The van der Waals surface area contributed by atoms with E-state index in [0.717, 1.165) is 19.6 Å². The fraction of sp³-hybridized carbons (Fsp3) is 0.917. The second kappa shape index (κ2) is 5.80. The van der Waals surface area contributed by atoms with Crippen LogP contribution in [0.2, 0.25) is 0 Å². The molecule has 0 spiro atoms. The molecular weight excluding hydrogens is 220 g/mol. The van der Waals surface area contributed by atoms with Crippen LogP contribution in [0.4, 0.5) is 0 Å². The van der Waals surface area contributed by atoms with Crippen molar-refractivity contribution >= 4 is 5.91 Å². The van der Waals surface area contributed by atoms with E-state index >= 15 is 0 Å². The standard InChI is InChI=1S/C12H22N2O3/c15-11(3-7-14-5-1-2-6-14)13-9-12(16)4-8-17-10-12/h16H,1-10H2,(H,13,15). The summed E-state index contributed by atoms with van der Waals surface area (Å²) in [6.07, 6.45) is 3.63. The Balaban J connectivity index is 1.60. The van der Waals surface area contributed by atoms with Gasteiger partial charge in [0.1, 0.15) is 5.60 Å². The van der Waals surface area contributed by atoms with E-state index in [1.807, 2.05) is 0 Å². The van der Waals surface area contributed by atoms with Crippen molar-refractivity contribution < 1.29 is 14.6 Å². The van der Waals surface area contributed by atoms with Gasteiger partial charge in [-0.3, -0.25) is 4.79 Å². The Morgan fingerprint density at radius 2 is 2.18 bits per heavy atom. The fourth-order valence-corrected chi connectivity index (χ4v) is 2.35. The van der Waals surface area contributed by atoms with Gasteiger partial charge in [-0.05, 0) is 25.9 Å². The number of carbonyl (C=O) groups is 1. The van der Waals surface area contributed by atoms with E-state index in [9.17, 15) is 9.90 Å². The lowest BCUT2D eigenvalue weighted by Gasteiger charge is -2.21. The van der Waals surface area contributed by atoms with Crippen LogP contribution in [-0.4, -0.2) is 60.9 Å². The number of likely N-dealkylation sites (tertiary alicyclic amines) is 1. The highest BCUT2D eigenvalue weighted by Crippen LogP contribution is 2.16. The molecule has 98 valence electrons. The normalized spacial score (nSPS) is 29.7. The highest BCUT2D eigenvalue weighted by molar-refractivity contribution is 5.76. The predicted octanol–water partition coefficient (Wildman–Crippen LogP) is -0.260. The average Bonchev–Trinajstić information content (AvgIpc) is 2.95. The molecule has 0 aromatic rings. The molecule has 0 radical (unpaired) electrons. The highest BCUT2D eigenvalue weighted by atomic mass is 16.5. The molecule has 1 amide bonds. The maximum absolute atomic E-state index is 11.6. The molecule has 2 saturated heterocycles. The number of aliphatic hydroxyl groups is 1. The Kier molecular flexibility index (Phi) is 4.36. The molecule has 2 rings (SSSR count). The van der Waals surface area contributed by atoms with Crippen LogP contribution < -0.4 is 5.32 Å². The number of hydrogen-bond acceptors (Lipinski definition) is 4. The van der Waals surface area contributed by atoms with Crippen LogP contribution in [0, 0.1) is 0 Å². The van der Waals surface area contributed by atoms with Crippen molar-refractivity contribution in [1.82, 2.24) is 10.2 Å². The molecule has 5 nitrogen and oxygen atoms in total. The fourth-order valence-electron chi connectivity index (χ4n) is 2.35. The lowest BCUT2D eigenvalue weighted by Crippen LogP contribution is -2.43. The maximum Gasteiger partial charge on any atom is 0.221 e. The third-order valence-electron chi connectivity index (χ3n) is 3.55. The van der Waals surface area contributed by atoms with Gasteiger partial charge in [0.2, 0.25) is 5.91 Å². The van der Waals surface area contributed by atoms with Gasteiger partial charge in [0.15, 0.2) is 0 Å². The van der Waals surface area contributed by atoms with Gasteiger partial charge in [-0.15, -0.1) is 0 Å². The molecule has 0 aromatic heterocycles. The third-order valence-corrected chi connectivity index (χ3v) is 3.55. The average molecular weight is 242 g/mol. The highest BCUT2D eigenvalue weighted by Gasteiger charge is 2.32. The van der Waals surface area contributed by atoms with Gasteiger partial charge in [0.25, 0.3) is 0 Å². The number of ether oxygens (including phenoxy) is 1. The minimum Gasteiger partial charge on any atom is -0.386 e. The maximum atomic E-state index is 11.6. The van der Waals surface area contributed by atoms with E-state index < -0.39 is 5.60 Å². The summed E-state index contributed by atoms with van der Waals surface area (Å²) in [4.78, 5) is 13.9. The number of rotatable bonds is 5. The Morgan fingerprint density at radius 3 is 2.82 bits per heavy atom. The molecule has 5 heteroatoms. The zero-order valence-corrected chi connectivity index (χ0v) is 10.3. The topological polar surface area (TPSA) is 61.8 Å². The van der Waals surface area contributed by atoms with Crippen LogP contribution in [0.5, 0.6) is 0 Å². The Bertz CT molecular complexity index is 258. The largest absolute Gasteiger partial charge is 0.386 e. The zero-order chi connectivity index (χ0) is 12.1.